The van der Waals surface area contributed by atoms with Crippen LogP contribution in [-0.2, 0) is 47.5 Å². The minimum Gasteiger partial charge on any atom is -1.00 e. The number of β-lactam (4-membered cyclic amide) rings is 1. The highest BCUT2D eigenvalue weighted by atomic mass is 127. The summed E-state index contributed by atoms with van der Waals surface area (Å²) in [6.45, 7) is 0.293. The maximum atomic E-state index is 14.6. The number of oxime groups is 1. The van der Waals surface area contributed by atoms with Crippen LogP contribution < -0.4 is 39.3 Å². The number of carbonyl (C=O) groups is 4. The van der Waals surface area contributed by atoms with E-state index in [2.05, 4.69) is 15.8 Å². The molecule has 16 nitrogen and oxygen atoms in total. The summed E-state index contributed by atoms with van der Waals surface area (Å²) < 4.78 is 11.4. The van der Waals surface area contributed by atoms with Gasteiger partial charge >= 0.3 is 11.9 Å². The molecule has 3 aliphatic heterocycles. The average Bonchev–Trinajstić information content (AvgIpc) is 4.01. The maximum absolute atomic E-state index is 14.6. The lowest BCUT2D eigenvalue weighted by Crippen LogP contribution is -3.00. The number of hydroxylamine groups is 3. The molecule has 1 aromatic heterocycles. The van der Waals surface area contributed by atoms with E-state index in [1.807, 2.05) is 105 Å². The molecular weight excluding hydrogens is 1060 g/mol. The Balaban J connectivity index is 0.00000676. The molecule has 4 heterocycles. The summed E-state index contributed by atoms with van der Waals surface area (Å²) >= 11 is 2.62. The summed E-state index contributed by atoms with van der Waals surface area (Å²) in [5, 5.41) is 32.2. The molecule has 19 heteroatoms. The number of phenols is 1. The molecule has 3 aliphatic rings. The second-order valence-electron chi connectivity index (χ2n) is 17.2. The number of amides is 2. The number of carboxylic acids is 1. The van der Waals surface area contributed by atoms with Crippen LogP contribution in [0.1, 0.15) is 50.3 Å². The second kappa shape index (κ2) is 21.7. The Hall–Kier alpha value is -6.78. The summed E-state index contributed by atoms with van der Waals surface area (Å²) in [4.78, 5) is 72.9. The van der Waals surface area contributed by atoms with Crippen molar-refractivity contribution in [3.05, 3.63) is 189 Å². The number of benzene rings is 5. The number of rotatable bonds is 17. The Kier molecular flexibility index (Phi) is 15.5. The second-order valence-corrected chi connectivity index (χ2v) is 19.2. The number of esters is 1. The monoisotopic (exact) mass is 1110 g/mol. The van der Waals surface area contributed by atoms with E-state index >= 15 is 0 Å². The number of methoxy groups -OCH3 is 1. The Labute approximate surface area is 434 Å². The van der Waals surface area contributed by atoms with Crippen molar-refractivity contribution in [2.24, 2.45) is 5.16 Å². The fourth-order valence-electron chi connectivity index (χ4n) is 8.71. The zero-order valence-electron chi connectivity index (χ0n) is 38.7. The van der Waals surface area contributed by atoms with Crippen LogP contribution in [0.2, 0.25) is 0 Å². The van der Waals surface area contributed by atoms with Crippen molar-refractivity contribution in [2.45, 2.75) is 42.7 Å². The van der Waals surface area contributed by atoms with Gasteiger partial charge in [0, 0.05) is 28.7 Å². The molecule has 6 aromatic rings. The molecule has 9 rings (SSSR count). The SMILES string of the molecule is COc1ccc(COC(=O)C2=C([C@@H]3CC[N+](C)(C)O3)CSC3C(NC(=O)/C(=N\OCc4ccc(C(=O)O)cc4O)c4csc(NC(c5ccccc5)(c5ccccc5)c5ccccc5)n4)C(=O)N23)cc1.[I-]. The van der Waals surface area contributed by atoms with Crippen LogP contribution in [0.15, 0.2) is 155 Å². The number of ether oxygens (including phenoxy) is 2. The van der Waals surface area contributed by atoms with E-state index in [0.29, 0.717) is 35.2 Å². The third-order valence-electron chi connectivity index (χ3n) is 12.3. The average molecular weight is 1110 g/mol. The van der Waals surface area contributed by atoms with Crippen molar-refractivity contribution in [3.8, 4) is 11.5 Å². The number of fused-ring (bicyclic) bond motifs is 1. The summed E-state index contributed by atoms with van der Waals surface area (Å²) in [5.74, 6) is -2.59. The maximum Gasteiger partial charge on any atom is 0.355 e. The van der Waals surface area contributed by atoms with Gasteiger partial charge in [0.05, 0.1) is 26.8 Å². The van der Waals surface area contributed by atoms with Gasteiger partial charge in [0.1, 0.15) is 65.7 Å². The Morgan fingerprint density at radius 2 is 1.54 bits per heavy atom. The van der Waals surface area contributed by atoms with E-state index in [1.54, 1.807) is 36.8 Å². The van der Waals surface area contributed by atoms with Crippen molar-refractivity contribution >= 4 is 57.7 Å². The lowest BCUT2D eigenvalue weighted by Gasteiger charge is -2.50. The highest BCUT2D eigenvalue weighted by molar-refractivity contribution is 8.00. The van der Waals surface area contributed by atoms with Crippen LogP contribution in [0.3, 0.4) is 0 Å². The van der Waals surface area contributed by atoms with Gasteiger partial charge in [-0.15, -0.1) is 23.1 Å². The number of phenolic OH excluding ortho intramolecular Hbond substituents is 1. The number of thioether (sulfide) groups is 1. The highest BCUT2D eigenvalue weighted by Gasteiger charge is 2.56. The van der Waals surface area contributed by atoms with Gasteiger partial charge in [-0.2, -0.15) is 9.48 Å². The van der Waals surface area contributed by atoms with E-state index in [0.717, 1.165) is 28.3 Å². The normalized spacial score (nSPS) is 18.4. The first kappa shape index (κ1) is 50.6. The number of aromatic hydroxyl groups is 1. The molecule has 0 bridgehead atoms. The Morgan fingerprint density at radius 1 is 0.901 bits per heavy atom. The molecule has 0 saturated carbocycles. The molecular formula is C52H49IN6O10S2. The van der Waals surface area contributed by atoms with Gasteiger partial charge in [0.15, 0.2) is 10.8 Å². The Bertz CT molecular complexity index is 2880. The third-order valence-corrected chi connectivity index (χ3v) is 14.4. The number of hydrogen-bond acceptors (Lipinski definition) is 14. The van der Waals surface area contributed by atoms with E-state index in [1.165, 1.54) is 40.1 Å². The van der Waals surface area contributed by atoms with Crippen LogP contribution in [0.5, 0.6) is 11.5 Å². The molecule has 4 N–H and O–H groups in total. The standard InChI is InChI=1S/C52H48N6O10S2.HI/c1-58(2)26-25-42(68-58)39-30-69-48-44(47(61)57(48)45(39)50(64)66-28-32-19-23-38(65-3)24-20-32)54-46(60)43(56-67-29-34-22-21-33(49(62)63)27-41(34)59)40-31-70-51(53-40)55-52(35-13-7-4-8-14-35,36-15-9-5-10-16-36)37-17-11-6-12-18-37;/h4-24,27,31,42,44,48H,25-26,28-30H2,1-3H3,(H3-,53,54,55,59,60,62,63);1H/b56-43-;/t42-,44?,48?;/m0./s1. The zero-order chi connectivity index (χ0) is 49.0. The number of aromatic nitrogens is 1. The lowest BCUT2D eigenvalue weighted by atomic mass is 9.77. The minimum atomic E-state index is -1.22. The van der Waals surface area contributed by atoms with Crippen molar-refractivity contribution < 1.29 is 77.2 Å². The molecule has 2 unspecified atom stereocenters. The molecule has 3 atom stereocenters. The van der Waals surface area contributed by atoms with Crippen LogP contribution in [-0.4, -0.2) is 105 Å². The highest BCUT2D eigenvalue weighted by Crippen LogP contribution is 2.44. The Morgan fingerprint density at radius 3 is 2.10 bits per heavy atom. The summed E-state index contributed by atoms with van der Waals surface area (Å²) in [6.07, 6.45) is 0.181. The summed E-state index contributed by atoms with van der Waals surface area (Å²) in [6, 6.07) is 39.6. The number of carbonyl (C=O) groups excluding carboxylic acids is 3. The van der Waals surface area contributed by atoms with Gasteiger partial charge in [-0.1, -0.05) is 114 Å². The quantitative estimate of drug-likeness (QED) is 0.0194. The molecule has 0 spiro atoms. The van der Waals surface area contributed by atoms with E-state index in [-0.39, 0.29) is 75.8 Å². The van der Waals surface area contributed by atoms with Gasteiger partial charge in [-0.25, -0.2) is 14.6 Å². The number of nitrogens with one attached hydrogen (secondary N) is 2. The number of halogens is 1. The fraction of sp³-hybridized carbons (Fsp3) is 0.231. The zero-order valence-corrected chi connectivity index (χ0v) is 42.5. The molecule has 71 heavy (non-hydrogen) atoms. The van der Waals surface area contributed by atoms with E-state index in [4.69, 9.17) is 24.1 Å². The van der Waals surface area contributed by atoms with Crippen LogP contribution in [0.4, 0.5) is 5.13 Å². The lowest BCUT2D eigenvalue weighted by molar-refractivity contribution is -1.06. The summed E-state index contributed by atoms with van der Waals surface area (Å²) in [5.41, 5.74) is 3.20. The summed E-state index contributed by atoms with van der Waals surface area (Å²) in [7, 11) is 5.42. The van der Waals surface area contributed by atoms with Gasteiger partial charge in [0.2, 0.25) is 0 Å². The topological polar surface area (TPSA) is 198 Å². The van der Waals surface area contributed by atoms with Gasteiger partial charge in [-0.05, 0) is 46.5 Å². The van der Waals surface area contributed by atoms with Crippen LogP contribution in [0.25, 0.3) is 0 Å². The molecule has 0 aliphatic carbocycles. The number of nitrogens with zero attached hydrogens (tertiary/aromatic N) is 4. The van der Waals surface area contributed by atoms with Crippen molar-refractivity contribution in [2.75, 3.05) is 38.8 Å². The van der Waals surface area contributed by atoms with Crippen molar-refractivity contribution in [3.63, 3.8) is 0 Å². The van der Waals surface area contributed by atoms with Gasteiger partial charge < -0.3 is 59.1 Å². The number of carboxylic acid groups (broad SMARTS) is 1. The predicted molar refractivity (Wildman–Crippen MR) is 263 cm³/mol. The van der Waals surface area contributed by atoms with E-state index < -0.39 is 46.8 Å². The fourth-order valence-corrected chi connectivity index (χ4v) is 10.9. The number of anilines is 1. The number of thiazole rings is 1. The van der Waals surface area contributed by atoms with Gasteiger partial charge in [0.25, 0.3) is 11.8 Å². The molecule has 0 radical (unpaired) electrons. The number of aromatic carboxylic acids is 1. The third kappa shape index (κ3) is 10.6. The first-order valence-electron chi connectivity index (χ1n) is 22.3. The first-order chi connectivity index (χ1) is 33.8. The van der Waals surface area contributed by atoms with Crippen molar-refractivity contribution in [1.29, 1.82) is 0 Å². The first-order valence-corrected chi connectivity index (χ1v) is 24.2. The smallest absolute Gasteiger partial charge is 0.355 e. The molecule has 2 saturated heterocycles. The molecule has 366 valence electrons. The number of quaternary nitrogens is 1. The van der Waals surface area contributed by atoms with Crippen molar-refractivity contribution in [1.82, 2.24) is 15.2 Å². The van der Waals surface area contributed by atoms with Crippen LogP contribution >= 0.6 is 23.1 Å². The number of hydrogen-bond donors (Lipinski definition) is 4. The largest absolute Gasteiger partial charge is 1.00 e. The predicted octanol–water partition coefficient (Wildman–Crippen LogP) is 4.06. The van der Waals surface area contributed by atoms with Gasteiger partial charge in [-0.3, -0.25) is 14.5 Å². The minimum absolute atomic E-state index is 0. The molecule has 5 aromatic carbocycles. The van der Waals surface area contributed by atoms with Crippen LogP contribution in [0, 0.1) is 0 Å². The molecule has 2 fully saturated rings. The molecule has 2 amide bonds. The van der Waals surface area contributed by atoms with E-state index in [9.17, 15) is 29.4 Å².